The first-order chi connectivity index (χ1) is 4.86. The number of benzene rings is 1. The lowest BCUT2D eigenvalue weighted by atomic mass is 10.2. The van der Waals surface area contributed by atoms with Crippen molar-refractivity contribution in [2.45, 2.75) is 6.92 Å². The Labute approximate surface area is 63.3 Å². The van der Waals surface area contributed by atoms with Crippen molar-refractivity contribution in [3.05, 3.63) is 29.3 Å². The van der Waals surface area contributed by atoms with Gasteiger partial charge in [-0.2, -0.15) is 0 Å². The summed E-state index contributed by atoms with van der Waals surface area (Å²) in [6, 6.07) is 6.33. The summed E-state index contributed by atoms with van der Waals surface area (Å²) >= 11 is 1.68. The zero-order chi connectivity index (χ0) is 6.97. The van der Waals surface area contributed by atoms with Crippen molar-refractivity contribution in [1.82, 2.24) is 4.98 Å². The van der Waals surface area contributed by atoms with E-state index >= 15 is 0 Å². The van der Waals surface area contributed by atoms with E-state index in [1.54, 1.807) is 11.3 Å². The van der Waals surface area contributed by atoms with Gasteiger partial charge in [-0.25, -0.2) is 4.98 Å². The predicted octanol–water partition coefficient (Wildman–Crippen LogP) is 2.60. The van der Waals surface area contributed by atoms with Crippen LogP contribution in [0.1, 0.15) is 5.56 Å². The van der Waals surface area contributed by atoms with Crippen LogP contribution in [0, 0.1) is 6.92 Å². The van der Waals surface area contributed by atoms with Gasteiger partial charge in [0, 0.05) is 0 Å². The number of hydrogen-bond acceptors (Lipinski definition) is 2. The lowest BCUT2D eigenvalue weighted by Crippen LogP contribution is -1.69. The number of rotatable bonds is 0. The van der Waals surface area contributed by atoms with Gasteiger partial charge >= 0.3 is 0 Å². The van der Waals surface area contributed by atoms with E-state index in [4.69, 9.17) is 0 Å². The molecule has 0 N–H and O–H groups in total. The van der Waals surface area contributed by atoms with Crippen LogP contribution in [0.5, 0.6) is 0 Å². The minimum Gasteiger partial charge on any atom is -0.245 e. The maximum Gasteiger partial charge on any atom is 0.0814 e. The van der Waals surface area contributed by atoms with Crippen LogP contribution in [0.4, 0.5) is 0 Å². The van der Waals surface area contributed by atoms with Gasteiger partial charge in [-0.1, -0.05) is 6.07 Å². The van der Waals surface area contributed by atoms with E-state index in [1.807, 2.05) is 5.51 Å². The minimum atomic E-state index is 1.12. The van der Waals surface area contributed by atoms with Crippen LogP contribution in [0.2, 0.25) is 0 Å². The molecule has 0 amide bonds. The highest BCUT2D eigenvalue weighted by atomic mass is 32.1. The van der Waals surface area contributed by atoms with E-state index in [0.717, 1.165) is 5.52 Å². The third kappa shape index (κ3) is 0.809. The molecule has 1 heterocycles. The standard InChI is InChI=1S/C8H7NS/c1-6-2-3-8-7(4-6)9-5-10-8/h2-5H,1H3. The normalized spacial score (nSPS) is 10.5. The highest BCUT2D eigenvalue weighted by molar-refractivity contribution is 7.16. The van der Waals surface area contributed by atoms with Gasteiger partial charge in [0.25, 0.3) is 0 Å². The molecule has 0 aliphatic rings. The first-order valence-electron chi connectivity index (χ1n) is 3.16. The van der Waals surface area contributed by atoms with Crippen molar-refractivity contribution >= 4 is 21.6 Å². The Hall–Kier alpha value is -0.890. The number of fused-ring (bicyclic) bond motifs is 1. The SMILES string of the molecule is Cc1ccc2scnc2c1. The van der Waals surface area contributed by atoms with Crippen molar-refractivity contribution in [2.24, 2.45) is 0 Å². The average molecular weight is 149 g/mol. The molecule has 1 aromatic heterocycles. The fourth-order valence-electron chi connectivity index (χ4n) is 0.968. The fraction of sp³-hybridized carbons (Fsp3) is 0.125. The summed E-state index contributed by atoms with van der Waals surface area (Å²) in [6.45, 7) is 2.08. The Morgan fingerprint density at radius 3 is 3.20 bits per heavy atom. The van der Waals surface area contributed by atoms with E-state index in [2.05, 4.69) is 30.1 Å². The maximum absolute atomic E-state index is 4.20. The van der Waals surface area contributed by atoms with Crippen LogP contribution in [-0.2, 0) is 0 Å². The monoisotopic (exact) mass is 149 g/mol. The van der Waals surface area contributed by atoms with E-state index in [0.29, 0.717) is 0 Å². The van der Waals surface area contributed by atoms with Gasteiger partial charge in [0.2, 0.25) is 0 Å². The third-order valence-corrected chi connectivity index (χ3v) is 2.30. The molecule has 10 heavy (non-hydrogen) atoms. The van der Waals surface area contributed by atoms with Crippen LogP contribution >= 0.6 is 11.3 Å². The van der Waals surface area contributed by atoms with Crippen LogP contribution in [0.25, 0.3) is 10.2 Å². The van der Waals surface area contributed by atoms with Gasteiger partial charge < -0.3 is 0 Å². The van der Waals surface area contributed by atoms with Crippen LogP contribution in [0.3, 0.4) is 0 Å². The highest BCUT2D eigenvalue weighted by Gasteiger charge is 1.93. The van der Waals surface area contributed by atoms with Crippen molar-refractivity contribution in [3.63, 3.8) is 0 Å². The Kier molecular flexibility index (Phi) is 1.21. The first-order valence-corrected chi connectivity index (χ1v) is 4.04. The summed E-state index contributed by atoms with van der Waals surface area (Å²) in [7, 11) is 0. The third-order valence-electron chi connectivity index (χ3n) is 1.49. The molecule has 0 unspecified atom stereocenters. The van der Waals surface area contributed by atoms with E-state index in [9.17, 15) is 0 Å². The molecule has 2 aromatic rings. The predicted molar refractivity (Wildman–Crippen MR) is 44.4 cm³/mol. The molecule has 2 rings (SSSR count). The zero-order valence-corrected chi connectivity index (χ0v) is 6.48. The second kappa shape index (κ2) is 2.06. The summed E-state index contributed by atoms with van der Waals surface area (Å²) < 4.78 is 1.27. The molecule has 0 radical (unpaired) electrons. The number of hydrogen-bond donors (Lipinski definition) is 0. The summed E-state index contributed by atoms with van der Waals surface area (Å²) in [5.41, 5.74) is 4.27. The van der Waals surface area contributed by atoms with Crippen molar-refractivity contribution in [1.29, 1.82) is 0 Å². The Bertz CT molecular complexity index is 351. The largest absolute Gasteiger partial charge is 0.245 e. The smallest absolute Gasteiger partial charge is 0.0814 e. The van der Waals surface area contributed by atoms with Gasteiger partial charge in [-0.05, 0) is 24.6 Å². The van der Waals surface area contributed by atoms with Crippen LogP contribution in [0.15, 0.2) is 23.7 Å². The van der Waals surface area contributed by atoms with Gasteiger partial charge in [0.15, 0.2) is 0 Å². The second-order valence-electron chi connectivity index (χ2n) is 2.32. The molecule has 1 aromatic carbocycles. The van der Waals surface area contributed by atoms with E-state index in [1.165, 1.54) is 10.3 Å². The second-order valence-corrected chi connectivity index (χ2v) is 3.21. The fourth-order valence-corrected chi connectivity index (χ4v) is 1.63. The van der Waals surface area contributed by atoms with Crippen molar-refractivity contribution in [2.75, 3.05) is 0 Å². The molecule has 1 nitrogen and oxygen atoms in total. The van der Waals surface area contributed by atoms with Crippen LogP contribution in [-0.4, -0.2) is 4.98 Å². The molecular weight excluding hydrogens is 142 g/mol. The molecule has 0 saturated carbocycles. The van der Waals surface area contributed by atoms with Crippen molar-refractivity contribution < 1.29 is 0 Å². The summed E-state index contributed by atoms with van der Waals surface area (Å²) in [5, 5.41) is 0. The molecule has 0 bridgehead atoms. The lowest BCUT2D eigenvalue weighted by Gasteiger charge is -1.88. The molecule has 0 fully saturated rings. The van der Waals surface area contributed by atoms with Crippen molar-refractivity contribution in [3.8, 4) is 0 Å². The zero-order valence-electron chi connectivity index (χ0n) is 5.66. The molecule has 0 aliphatic carbocycles. The Balaban J connectivity index is 2.86. The van der Waals surface area contributed by atoms with Crippen LogP contribution < -0.4 is 0 Å². The quantitative estimate of drug-likeness (QED) is 0.561. The molecular formula is C8H7NS. The average Bonchev–Trinajstić information content (AvgIpc) is 2.33. The number of aryl methyl sites for hydroxylation is 1. The Morgan fingerprint density at radius 2 is 2.30 bits per heavy atom. The van der Waals surface area contributed by atoms with E-state index < -0.39 is 0 Å². The maximum atomic E-state index is 4.20. The number of nitrogens with zero attached hydrogens (tertiary/aromatic N) is 1. The molecule has 0 aliphatic heterocycles. The summed E-state index contributed by atoms with van der Waals surface area (Å²) in [4.78, 5) is 4.20. The minimum absolute atomic E-state index is 1.12. The summed E-state index contributed by atoms with van der Waals surface area (Å²) in [5.74, 6) is 0. The van der Waals surface area contributed by atoms with Gasteiger partial charge in [0.1, 0.15) is 0 Å². The molecule has 0 spiro atoms. The summed E-state index contributed by atoms with van der Waals surface area (Å²) in [6.07, 6.45) is 0. The molecule has 2 heteroatoms. The first kappa shape index (κ1) is 5.86. The molecule has 0 saturated heterocycles. The van der Waals surface area contributed by atoms with Gasteiger partial charge in [-0.15, -0.1) is 11.3 Å². The Morgan fingerprint density at radius 1 is 1.40 bits per heavy atom. The highest BCUT2D eigenvalue weighted by Crippen LogP contribution is 2.17. The molecule has 50 valence electrons. The van der Waals surface area contributed by atoms with Gasteiger partial charge in [0.05, 0.1) is 15.7 Å². The van der Waals surface area contributed by atoms with Gasteiger partial charge in [-0.3, -0.25) is 0 Å². The van der Waals surface area contributed by atoms with E-state index in [-0.39, 0.29) is 0 Å². The molecule has 0 atom stereocenters. The topological polar surface area (TPSA) is 12.9 Å². The number of aromatic nitrogens is 1. The lowest BCUT2D eigenvalue weighted by molar-refractivity contribution is 1.45. The number of thiazole rings is 1.